The maximum atomic E-state index is 6.07. The van der Waals surface area contributed by atoms with Crippen molar-refractivity contribution in [3.8, 4) is 5.75 Å². The van der Waals surface area contributed by atoms with Crippen LogP contribution in [-0.2, 0) is 0 Å². The number of rotatable bonds is 7. The molecule has 0 saturated heterocycles. The molecule has 0 fully saturated rings. The lowest BCUT2D eigenvalue weighted by Gasteiger charge is -2.08. The number of benzene rings is 1. The second kappa shape index (κ2) is 7.56. The van der Waals surface area contributed by atoms with Gasteiger partial charge in [0.2, 0.25) is 0 Å². The van der Waals surface area contributed by atoms with Gasteiger partial charge in [0.25, 0.3) is 0 Å². The van der Waals surface area contributed by atoms with Crippen molar-refractivity contribution in [2.24, 2.45) is 0 Å². The van der Waals surface area contributed by atoms with E-state index < -0.39 is 0 Å². The summed E-state index contributed by atoms with van der Waals surface area (Å²) in [6.45, 7) is 5.02. The van der Waals surface area contributed by atoms with E-state index in [-0.39, 0.29) is 0 Å². The molecule has 0 radical (unpaired) electrons. The Balaban J connectivity index is 2.21. The highest BCUT2D eigenvalue weighted by atomic mass is 35.5. The van der Waals surface area contributed by atoms with Crippen molar-refractivity contribution in [3.05, 3.63) is 28.8 Å². The largest absolute Gasteiger partial charge is 0.492 e. The molecule has 0 unspecified atom stereocenters. The van der Waals surface area contributed by atoms with E-state index in [0.717, 1.165) is 18.8 Å². The average Bonchev–Trinajstić information content (AvgIpc) is 2.26. The van der Waals surface area contributed by atoms with Crippen molar-refractivity contribution in [1.29, 1.82) is 0 Å². The molecule has 1 rings (SSSR count). The summed E-state index contributed by atoms with van der Waals surface area (Å²) in [5.41, 5.74) is 1.17. The van der Waals surface area contributed by atoms with Crippen LogP contribution in [0.4, 0.5) is 0 Å². The van der Waals surface area contributed by atoms with E-state index in [2.05, 4.69) is 6.92 Å². The summed E-state index contributed by atoms with van der Waals surface area (Å²) < 4.78 is 5.64. The van der Waals surface area contributed by atoms with Crippen LogP contribution in [0.5, 0.6) is 5.75 Å². The average molecular weight is 241 g/mol. The minimum absolute atomic E-state index is 0.716. The maximum Gasteiger partial charge on any atom is 0.137 e. The molecular formula is C14H21ClO. The second-order valence-corrected chi connectivity index (χ2v) is 4.60. The Morgan fingerprint density at radius 2 is 1.88 bits per heavy atom. The fraction of sp³-hybridized carbons (Fsp3) is 0.571. The molecule has 0 aliphatic rings. The van der Waals surface area contributed by atoms with E-state index in [1.807, 2.05) is 25.1 Å². The van der Waals surface area contributed by atoms with Crippen molar-refractivity contribution in [1.82, 2.24) is 0 Å². The van der Waals surface area contributed by atoms with Crippen LogP contribution in [0.3, 0.4) is 0 Å². The van der Waals surface area contributed by atoms with Gasteiger partial charge in [-0.15, -0.1) is 0 Å². The number of hydrogen-bond donors (Lipinski definition) is 0. The molecule has 2 heteroatoms. The highest BCUT2D eigenvalue weighted by molar-refractivity contribution is 6.32. The summed E-state index contributed by atoms with van der Waals surface area (Å²) in [6, 6.07) is 5.91. The van der Waals surface area contributed by atoms with Gasteiger partial charge >= 0.3 is 0 Å². The number of halogens is 1. The van der Waals surface area contributed by atoms with Crippen LogP contribution in [0.25, 0.3) is 0 Å². The van der Waals surface area contributed by atoms with Crippen molar-refractivity contribution < 1.29 is 4.74 Å². The second-order valence-electron chi connectivity index (χ2n) is 4.20. The zero-order valence-electron chi connectivity index (χ0n) is 10.3. The van der Waals surface area contributed by atoms with E-state index in [4.69, 9.17) is 16.3 Å². The predicted octanol–water partition coefficient (Wildman–Crippen LogP) is 5.00. The smallest absolute Gasteiger partial charge is 0.137 e. The van der Waals surface area contributed by atoms with Crippen LogP contribution >= 0.6 is 11.6 Å². The topological polar surface area (TPSA) is 9.23 Å². The first-order valence-electron chi connectivity index (χ1n) is 6.13. The Morgan fingerprint density at radius 1 is 1.12 bits per heavy atom. The van der Waals surface area contributed by atoms with Gasteiger partial charge in [-0.3, -0.25) is 0 Å². The Labute approximate surface area is 104 Å². The van der Waals surface area contributed by atoms with E-state index in [9.17, 15) is 0 Å². The first-order valence-corrected chi connectivity index (χ1v) is 6.50. The number of unbranched alkanes of at least 4 members (excludes halogenated alkanes) is 4. The molecule has 0 aliphatic heterocycles. The lowest BCUT2D eigenvalue weighted by molar-refractivity contribution is 0.304. The molecule has 0 atom stereocenters. The van der Waals surface area contributed by atoms with Crippen molar-refractivity contribution in [3.63, 3.8) is 0 Å². The van der Waals surface area contributed by atoms with Crippen LogP contribution in [-0.4, -0.2) is 6.61 Å². The zero-order valence-corrected chi connectivity index (χ0v) is 11.0. The predicted molar refractivity (Wildman–Crippen MR) is 70.4 cm³/mol. The van der Waals surface area contributed by atoms with Crippen molar-refractivity contribution in [2.45, 2.75) is 46.0 Å². The van der Waals surface area contributed by atoms with Gasteiger partial charge in [-0.25, -0.2) is 0 Å². The van der Waals surface area contributed by atoms with E-state index in [1.165, 1.54) is 31.2 Å². The Kier molecular flexibility index (Phi) is 6.32. The number of aryl methyl sites for hydroxylation is 1. The quantitative estimate of drug-likeness (QED) is 0.610. The monoisotopic (exact) mass is 240 g/mol. The molecule has 16 heavy (non-hydrogen) atoms. The first-order chi connectivity index (χ1) is 7.74. The Hall–Kier alpha value is -0.690. The lowest BCUT2D eigenvalue weighted by atomic mass is 10.2. The van der Waals surface area contributed by atoms with Gasteiger partial charge in [0, 0.05) is 0 Å². The van der Waals surface area contributed by atoms with E-state index in [1.54, 1.807) is 0 Å². The number of ether oxygens (including phenoxy) is 1. The molecule has 0 amide bonds. The van der Waals surface area contributed by atoms with Gasteiger partial charge in [0.15, 0.2) is 0 Å². The third-order valence-corrected chi connectivity index (χ3v) is 2.89. The molecule has 1 aromatic rings. The highest BCUT2D eigenvalue weighted by Crippen LogP contribution is 2.25. The summed E-state index contributed by atoms with van der Waals surface area (Å²) in [7, 11) is 0. The van der Waals surface area contributed by atoms with Gasteiger partial charge in [-0.2, -0.15) is 0 Å². The summed E-state index contributed by atoms with van der Waals surface area (Å²) in [6.07, 6.45) is 6.28. The zero-order chi connectivity index (χ0) is 11.8. The third kappa shape index (κ3) is 4.89. The highest BCUT2D eigenvalue weighted by Gasteiger charge is 2.00. The maximum absolute atomic E-state index is 6.07. The summed E-state index contributed by atoms with van der Waals surface area (Å²) in [5, 5.41) is 0.716. The molecule has 1 nitrogen and oxygen atoms in total. The van der Waals surface area contributed by atoms with Gasteiger partial charge in [-0.05, 0) is 31.0 Å². The summed E-state index contributed by atoms with van der Waals surface area (Å²) >= 11 is 6.07. The minimum Gasteiger partial charge on any atom is -0.492 e. The number of hydrogen-bond acceptors (Lipinski definition) is 1. The van der Waals surface area contributed by atoms with Crippen LogP contribution in [0, 0.1) is 6.92 Å². The molecule has 0 spiro atoms. The SMILES string of the molecule is CCCCCCCOc1ccc(C)cc1Cl. The Morgan fingerprint density at radius 3 is 2.56 bits per heavy atom. The summed E-state index contributed by atoms with van der Waals surface area (Å²) in [4.78, 5) is 0. The van der Waals surface area contributed by atoms with Crippen LogP contribution in [0.15, 0.2) is 18.2 Å². The van der Waals surface area contributed by atoms with E-state index >= 15 is 0 Å². The summed E-state index contributed by atoms with van der Waals surface area (Å²) in [5.74, 6) is 0.808. The lowest BCUT2D eigenvalue weighted by Crippen LogP contribution is -1.97. The van der Waals surface area contributed by atoms with Crippen LogP contribution in [0.2, 0.25) is 5.02 Å². The van der Waals surface area contributed by atoms with Gasteiger partial charge in [0.1, 0.15) is 5.75 Å². The molecular weight excluding hydrogens is 220 g/mol. The standard InChI is InChI=1S/C14H21ClO/c1-3-4-5-6-7-10-16-14-9-8-12(2)11-13(14)15/h8-9,11H,3-7,10H2,1-2H3. The van der Waals surface area contributed by atoms with Gasteiger partial charge in [-0.1, -0.05) is 50.3 Å². The fourth-order valence-corrected chi connectivity index (χ4v) is 1.90. The molecule has 0 heterocycles. The molecule has 0 aromatic heterocycles. The molecule has 0 aliphatic carbocycles. The van der Waals surface area contributed by atoms with E-state index in [0.29, 0.717) is 5.02 Å². The minimum atomic E-state index is 0.716. The van der Waals surface area contributed by atoms with Crippen LogP contribution < -0.4 is 4.74 Å². The van der Waals surface area contributed by atoms with Gasteiger partial charge < -0.3 is 4.74 Å². The molecule has 0 bridgehead atoms. The first kappa shape index (κ1) is 13.4. The molecule has 1 aromatic carbocycles. The normalized spacial score (nSPS) is 10.4. The Bertz CT molecular complexity index is 310. The fourth-order valence-electron chi connectivity index (χ4n) is 1.61. The van der Waals surface area contributed by atoms with Crippen LogP contribution in [0.1, 0.15) is 44.6 Å². The molecule has 90 valence electrons. The van der Waals surface area contributed by atoms with Crippen molar-refractivity contribution in [2.75, 3.05) is 6.61 Å². The van der Waals surface area contributed by atoms with Gasteiger partial charge in [0.05, 0.1) is 11.6 Å². The molecule has 0 N–H and O–H groups in total. The molecule has 0 saturated carbocycles. The van der Waals surface area contributed by atoms with Crippen molar-refractivity contribution >= 4 is 11.6 Å². The third-order valence-electron chi connectivity index (χ3n) is 2.59.